The van der Waals surface area contributed by atoms with Crippen molar-refractivity contribution in [1.82, 2.24) is 10.2 Å². The van der Waals surface area contributed by atoms with Crippen molar-refractivity contribution in [2.75, 3.05) is 13.2 Å². The predicted molar refractivity (Wildman–Crippen MR) is 89.0 cm³/mol. The van der Waals surface area contributed by atoms with Crippen molar-refractivity contribution in [2.24, 2.45) is 0 Å². The Morgan fingerprint density at radius 1 is 1.43 bits per heavy atom. The summed E-state index contributed by atoms with van der Waals surface area (Å²) in [6.45, 7) is 7.69. The number of esters is 1. The van der Waals surface area contributed by atoms with Crippen molar-refractivity contribution in [1.29, 1.82) is 0 Å². The van der Waals surface area contributed by atoms with Crippen molar-refractivity contribution in [3.63, 3.8) is 0 Å². The SMILES string of the molecule is C=CCN1C(=O)N[C@@H](c2ccc(Cl)cc2)C(C(=O)OCC)=C1C. The average molecular weight is 335 g/mol. The van der Waals surface area contributed by atoms with Crippen LogP contribution in [0.5, 0.6) is 0 Å². The molecule has 1 atom stereocenters. The van der Waals surface area contributed by atoms with Crippen LogP contribution in [0, 0.1) is 0 Å². The van der Waals surface area contributed by atoms with E-state index in [0.29, 0.717) is 22.8 Å². The summed E-state index contributed by atoms with van der Waals surface area (Å²) in [5, 5.41) is 3.43. The number of halogens is 1. The third-order valence-electron chi connectivity index (χ3n) is 3.61. The number of amides is 2. The summed E-state index contributed by atoms with van der Waals surface area (Å²) in [5.41, 5.74) is 1.74. The van der Waals surface area contributed by atoms with E-state index in [1.807, 2.05) is 0 Å². The molecule has 2 amide bonds. The highest BCUT2D eigenvalue weighted by molar-refractivity contribution is 6.30. The molecule has 5 nitrogen and oxygen atoms in total. The molecule has 1 N–H and O–H groups in total. The van der Waals surface area contributed by atoms with Crippen LogP contribution in [0.1, 0.15) is 25.5 Å². The van der Waals surface area contributed by atoms with Gasteiger partial charge in [0.2, 0.25) is 0 Å². The lowest BCUT2D eigenvalue weighted by molar-refractivity contribution is -0.139. The second kappa shape index (κ2) is 7.33. The summed E-state index contributed by atoms with van der Waals surface area (Å²) in [7, 11) is 0. The Hall–Kier alpha value is -2.27. The van der Waals surface area contributed by atoms with E-state index in [-0.39, 0.29) is 12.6 Å². The predicted octanol–water partition coefficient (Wildman–Crippen LogP) is 3.43. The molecule has 0 radical (unpaired) electrons. The van der Waals surface area contributed by atoms with Crippen molar-refractivity contribution in [2.45, 2.75) is 19.9 Å². The molecule has 1 aromatic rings. The molecule has 1 aliphatic rings. The first-order valence-corrected chi connectivity index (χ1v) is 7.69. The van der Waals surface area contributed by atoms with Gasteiger partial charge in [-0.05, 0) is 31.5 Å². The summed E-state index contributed by atoms with van der Waals surface area (Å²) in [5.74, 6) is -0.445. The summed E-state index contributed by atoms with van der Waals surface area (Å²) in [4.78, 5) is 26.2. The maximum atomic E-state index is 12.4. The highest BCUT2D eigenvalue weighted by Crippen LogP contribution is 2.31. The van der Waals surface area contributed by atoms with Crippen molar-refractivity contribution in [3.05, 3.63) is 58.8 Å². The molecular formula is C17H19ClN2O3. The number of nitrogens with one attached hydrogen (secondary N) is 1. The van der Waals surface area contributed by atoms with Crippen molar-refractivity contribution in [3.8, 4) is 0 Å². The zero-order valence-corrected chi connectivity index (χ0v) is 13.9. The highest BCUT2D eigenvalue weighted by atomic mass is 35.5. The number of ether oxygens (including phenoxy) is 1. The number of carbonyl (C=O) groups is 2. The topological polar surface area (TPSA) is 58.6 Å². The first-order valence-electron chi connectivity index (χ1n) is 7.31. The smallest absolute Gasteiger partial charge is 0.338 e. The summed E-state index contributed by atoms with van der Waals surface area (Å²) >= 11 is 5.91. The second-order valence-corrected chi connectivity index (χ2v) is 5.49. The quantitative estimate of drug-likeness (QED) is 0.663. The van der Waals surface area contributed by atoms with Crippen LogP contribution < -0.4 is 5.32 Å². The number of allylic oxidation sites excluding steroid dienone is 1. The molecule has 0 saturated heterocycles. The first-order chi connectivity index (χ1) is 11.0. The van der Waals surface area contributed by atoms with Crippen LogP contribution in [-0.2, 0) is 9.53 Å². The van der Waals surface area contributed by atoms with E-state index >= 15 is 0 Å². The molecule has 6 heteroatoms. The molecule has 1 heterocycles. The van der Waals surface area contributed by atoms with Gasteiger partial charge in [-0.1, -0.05) is 29.8 Å². The van der Waals surface area contributed by atoms with E-state index < -0.39 is 12.0 Å². The maximum Gasteiger partial charge on any atom is 0.338 e. The van der Waals surface area contributed by atoms with E-state index in [9.17, 15) is 9.59 Å². The fourth-order valence-corrected chi connectivity index (χ4v) is 2.63. The Balaban J connectivity index is 2.50. The molecule has 0 saturated carbocycles. The van der Waals surface area contributed by atoms with Gasteiger partial charge < -0.3 is 10.1 Å². The van der Waals surface area contributed by atoms with Crippen LogP contribution in [0.3, 0.4) is 0 Å². The van der Waals surface area contributed by atoms with E-state index in [4.69, 9.17) is 16.3 Å². The van der Waals surface area contributed by atoms with Crippen LogP contribution in [0.15, 0.2) is 48.2 Å². The van der Waals surface area contributed by atoms with E-state index in [2.05, 4.69) is 11.9 Å². The Labute approximate surface area is 140 Å². The highest BCUT2D eigenvalue weighted by Gasteiger charge is 2.35. The zero-order valence-electron chi connectivity index (χ0n) is 13.1. The number of urea groups is 1. The van der Waals surface area contributed by atoms with E-state index in [1.165, 1.54) is 4.90 Å². The zero-order chi connectivity index (χ0) is 17.0. The van der Waals surface area contributed by atoms with Gasteiger partial charge in [0.15, 0.2) is 0 Å². The van der Waals surface area contributed by atoms with E-state index in [1.54, 1.807) is 44.2 Å². The monoisotopic (exact) mass is 334 g/mol. The van der Waals surface area contributed by atoms with Gasteiger partial charge in [0.25, 0.3) is 0 Å². The Bertz CT molecular complexity index is 652. The fourth-order valence-electron chi connectivity index (χ4n) is 2.51. The maximum absolute atomic E-state index is 12.4. The van der Waals surface area contributed by atoms with Gasteiger partial charge in [0.05, 0.1) is 18.2 Å². The van der Waals surface area contributed by atoms with Gasteiger partial charge in [0, 0.05) is 17.3 Å². The van der Waals surface area contributed by atoms with Crippen LogP contribution in [0.4, 0.5) is 4.79 Å². The molecular weight excluding hydrogens is 316 g/mol. The average Bonchev–Trinajstić information content (AvgIpc) is 2.51. The second-order valence-electron chi connectivity index (χ2n) is 5.05. The number of rotatable bonds is 5. The summed E-state index contributed by atoms with van der Waals surface area (Å²) in [6, 6.07) is 6.15. The van der Waals surface area contributed by atoms with Crippen LogP contribution in [0.2, 0.25) is 5.02 Å². The lowest BCUT2D eigenvalue weighted by Gasteiger charge is -2.34. The van der Waals surface area contributed by atoms with Gasteiger partial charge in [-0.2, -0.15) is 0 Å². The van der Waals surface area contributed by atoms with E-state index in [0.717, 1.165) is 5.56 Å². The largest absolute Gasteiger partial charge is 0.463 e. The lowest BCUT2D eigenvalue weighted by atomic mass is 9.95. The van der Waals surface area contributed by atoms with Gasteiger partial charge in [-0.15, -0.1) is 6.58 Å². The standard InChI is InChI=1S/C17H19ClN2O3/c1-4-10-20-11(3)14(16(21)23-5-2)15(19-17(20)22)12-6-8-13(18)9-7-12/h4,6-9,15H,1,5,10H2,2-3H3,(H,19,22)/t15-/m0/s1. The number of carbonyl (C=O) groups excluding carboxylic acids is 2. The minimum atomic E-state index is -0.570. The van der Waals surface area contributed by atoms with Crippen LogP contribution >= 0.6 is 11.6 Å². The van der Waals surface area contributed by atoms with Crippen molar-refractivity contribution >= 4 is 23.6 Å². The molecule has 0 fully saturated rings. The molecule has 0 aliphatic carbocycles. The molecule has 0 aromatic heterocycles. The fraction of sp³-hybridized carbons (Fsp3) is 0.294. The Morgan fingerprint density at radius 2 is 2.09 bits per heavy atom. The molecule has 0 bridgehead atoms. The first kappa shape index (κ1) is 17.1. The third-order valence-corrected chi connectivity index (χ3v) is 3.86. The minimum absolute atomic E-state index is 0.262. The minimum Gasteiger partial charge on any atom is -0.463 e. The molecule has 2 rings (SSSR count). The number of benzene rings is 1. The van der Waals surface area contributed by atoms with Gasteiger partial charge in [-0.25, -0.2) is 9.59 Å². The molecule has 1 aromatic carbocycles. The third kappa shape index (κ3) is 3.56. The molecule has 0 unspecified atom stereocenters. The van der Waals surface area contributed by atoms with Crippen LogP contribution in [0.25, 0.3) is 0 Å². The van der Waals surface area contributed by atoms with Crippen molar-refractivity contribution < 1.29 is 14.3 Å². The summed E-state index contributed by atoms with van der Waals surface area (Å²) in [6.07, 6.45) is 1.61. The normalized spacial score (nSPS) is 17.8. The Morgan fingerprint density at radius 3 is 2.65 bits per heavy atom. The molecule has 23 heavy (non-hydrogen) atoms. The number of nitrogens with zero attached hydrogens (tertiary/aromatic N) is 1. The van der Waals surface area contributed by atoms with Gasteiger partial charge in [-0.3, -0.25) is 4.90 Å². The number of hydrogen-bond acceptors (Lipinski definition) is 3. The van der Waals surface area contributed by atoms with Gasteiger partial charge in [0.1, 0.15) is 0 Å². The molecule has 122 valence electrons. The Kier molecular flexibility index (Phi) is 5.45. The molecule has 1 aliphatic heterocycles. The lowest BCUT2D eigenvalue weighted by Crippen LogP contribution is -2.48. The van der Waals surface area contributed by atoms with Crippen LogP contribution in [-0.4, -0.2) is 30.1 Å². The molecule has 0 spiro atoms. The van der Waals surface area contributed by atoms with Gasteiger partial charge >= 0.3 is 12.0 Å². The summed E-state index contributed by atoms with van der Waals surface area (Å²) < 4.78 is 5.16. The number of hydrogen-bond donors (Lipinski definition) is 1.